The van der Waals surface area contributed by atoms with E-state index in [4.69, 9.17) is 10.7 Å². The fraction of sp³-hybridized carbons (Fsp3) is 0.444. The molecule has 0 radical (unpaired) electrons. The zero-order valence-corrected chi connectivity index (χ0v) is 12.2. The molecule has 1 aromatic heterocycles. The molecule has 1 amide bonds. The molecule has 0 aromatic carbocycles. The standard InChI is InChI=1S/C9H9BrClN3O3S/c10-7-2-8(13-5-12-7)14-3-6(1-9(14)15)4-18(11,16)17/h2,5-6H,1,3-4H2. The predicted molar refractivity (Wildman–Crippen MR) is 69.8 cm³/mol. The van der Waals surface area contributed by atoms with E-state index in [9.17, 15) is 13.2 Å². The SMILES string of the molecule is O=C1CC(CS(=O)(=O)Cl)CN1c1cc(Br)ncn1. The van der Waals surface area contributed by atoms with E-state index in [0.29, 0.717) is 17.0 Å². The summed E-state index contributed by atoms with van der Waals surface area (Å²) in [6.07, 6.45) is 1.49. The zero-order chi connectivity index (χ0) is 13.3. The van der Waals surface area contributed by atoms with E-state index >= 15 is 0 Å². The van der Waals surface area contributed by atoms with Crippen LogP contribution in [0.1, 0.15) is 6.42 Å². The van der Waals surface area contributed by atoms with E-state index in [-0.39, 0.29) is 24.0 Å². The van der Waals surface area contributed by atoms with Crippen LogP contribution in [0.3, 0.4) is 0 Å². The van der Waals surface area contributed by atoms with Gasteiger partial charge < -0.3 is 0 Å². The average molecular weight is 355 g/mol. The molecule has 0 aliphatic carbocycles. The predicted octanol–water partition coefficient (Wildman–Crippen LogP) is 1.16. The molecule has 6 nitrogen and oxygen atoms in total. The average Bonchev–Trinajstić information content (AvgIpc) is 2.56. The molecule has 18 heavy (non-hydrogen) atoms. The monoisotopic (exact) mass is 353 g/mol. The summed E-state index contributed by atoms with van der Waals surface area (Å²) in [5.74, 6) is -0.209. The van der Waals surface area contributed by atoms with Crippen molar-refractivity contribution < 1.29 is 13.2 Å². The topological polar surface area (TPSA) is 80.2 Å². The van der Waals surface area contributed by atoms with Gasteiger partial charge in [-0.05, 0) is 15.9 Å². The van der Waals surface area contributed by atoms with E-state index in [2.05, 4.69) is 25.9 Å². The number of hydrogen-bond acceptors (Lipinski definition) is 5. The number of carbonyl (C=O) groups excluding carboxylic acids is 1. The fourth-order valence-electron chi connectivity index (χ4n) is 1.87. The first-order chi connectivity index (χ1) is 8.35. The Bertz CT molecular complexity index is 580. The van der Waals surface area contributed by atoms with Crippen molar-refractivity contribution in [2.75, 3.05) is 17.2 Å². The molecule has 1 atom stereocenters. The lowest BCUT2D eigenvalue weighted by atomic mass is 10.1. The molecule has 1 aliphatic rings. The zero-order valence-electron chi connectivity index (χ0n) is 9.08. The number of hydrogen-bond donors (Lipinski definition) is 0. The van der Waals surface area contributed by atoms with Crippen LogP contribution in [0.5, 0.6) is 0 Å². The van der Waals surface area contributed by atoms with Crippen molar-refractivity contribution in [3.05, 3.63) is 17.0 Å². The molecule has 0 bridgehead atoms. The van der Waals surface area contributed by atoms with Crippen LogP contribution in [0, 0.1) is 5.92 Å². The quantitative estimate of drug-likeness (QED) is 0.601. The summed E-state index contributed by atoms with van der Waals surface area (Å²) < 4.78 is 22.6. The number of rotatable bonds is 3. The summed E-state index contributed by atoms with van der Waals surface area (Å²) in [6, 6.07) is 1.61. The van der Waals surface area contributed by atoms with E-state index in [1.807, 2.05) is 0 Å². The minimum Gasteiger partial charge on any atom is -0.296 e. The second-order valence-corrected chi connectivity index (χ2v) is 7.61. The lowest BCUT2D eigenvalue weighted by Gasteiger charge is -2.14. The summed E-state index contributed by atoms with van der Waals surface area (Å²) in [5.41, 5.74) is 0. The molecule has 2 heterocycles. The van der Waals surface area contributed by atoms with Crippen molar-refractivity contribution in [1.82, 2.24) is 9.97 Å². The second kappa shape index (κ2) is 5.10. The first-order valence-electron chi connectivity index (χ1n) is 5.05. The summed E-state index contributed by atoms with van der Waals surface area (Å²) in [4.78, 5) is 21.1. The molecule has 0 saturated carbocycles. The van der Waals surface area contributed by atoms with Crippen LogP contribution in [-0.2, 0) is 13.8 Å². The number of halogens is 2. The van der Waals surface area contributed by atoms with Gasteiger partial charge in [0.1, 0.15) is 16.7 Å². The van der Waals surface area contributed by atoms with Crippen molar-refractivity contribution in [2.24, 2.45) is 5.92 Å². The number of carbonyl (C=O) groups is 1. The molecule has 0 spiro atoms. The van der Waals surface area contributed by atoms with Gasteiger partial charge in [-0.25, -0.2) is 18.4 Å². The van der Waals surface area contributed by atoms with Gasteiger partial charge in [-0.3, -0.25) is 9.69 Å². The Kier molecular flexibility index (Phi) is 3.88. The lowest BCUT2D eigenvalue weighted by Crippen LogP contribution is -2.26. The van der Waals surface area contributed by atoms with Gasteiger partial charge in [0.15, 0.2) is 0 Å². The number of nitrogens with zero attached hydrogens (tertiary/aromatic N) is 3. The van der Waals surface area contributed by atoms with Crippen molar-refractivity contribution in [3.8, 4) is 0 Å². The first-order valence-corrected chi connectivity index (χ1v) is 8.32. The van der Waals surface area contributed by atoms with E-state index in [1.54, 1.807) is 6.07 Å². The van der Waals surface area contributed by atoms with E-state index < -0.39 is 9.05 Å². The summed E-state index contributed by atoms with van der Waals surface area (Å²) in [6.45, 7) is 0.300. The molecule has 0 N–H and O–H groups in total. The molecule has 1 aromatic rings. The van der Waals surface area contributed by atoms with Gasteiger partial charge in [0.05, 0.1) is 5.75 Å². The maximum atomic E-state index is 11.8. The maximum absolute atomic E-state index is 11.8. The molecule has 1 unspecified atom stereocenters. The van der Waals surface area contributed by atoms with Gasteiger partial charge in [0.2, 0.25) is 15.0 Å². The van der Waals surface area contributed by atoms with Crippen molar-refractivity contribution in [1.29, 1.82) is 0 Å². The first kappa shape index (κ1) is 13.7. The molecule has 1 fully saturated rings. The largest absolute Gasteiger partial charge is 0.296 e. The molecule has 1 aliphatic heterocycles. The van der Waals surface area contributed by atoms with Crippen molar-refractivity contribution in [2.45, 2.75) is 6.42 Å². The van der Waals surface area contributed by atoms with Crippen LogP contribution in [0.25, 0.3) is 0 Å². The van der Waals surface area contributed by atoms with Crippen molar-refractivity contribution in [3.63, 3.8) is 0 Å². The minimum absolute atomic E-state index is 0.160. The molecule has 1 saturated heterocycles. The molecule has 2 rings (SSSR count). The Morgan fingerprint density at radius 1 is 1.50 bits per heavy atom. The Morgan fingerprint density at radius 2 is 2.22 bits per heavy atom. The molecule has 9 heteroatoms. The minimum atomic E-state index is -3.59. The normalized spacial score (nSPS) is 20.4. The van der Waals surface area contributed by atoms with Gasteiger partial charge in [-0.2, -0.15) is 0 Å². The van der Waals surface area contributed by atoms with Crippen LogP contribution >= 0.6 is 26.6 Å². The number of anilines is 1. The van der Waals surface area contributed by atoms with Crippen LogP contribution in [-0.4, -0.2) is 36.6 Å². The third-order valence-electron chi connectivity index (χ3n) is 2.54. The van der Waals surface area contributed by atoms with Crippen LogP contribution in [0.4, 0.5) is 5.82 Å². The summed E-state index contributed by atoms with van der Waals surface area (Å²) >= 11 is 3.19. The number of aromatic nitrogens is 2. The van der Waals surface area contributed by atoms with Crippen molar-refractivity contribution >= 4 is 47.4 Å². The Hall–Kier alpha value is -0.730. The third-order valence-corrected chi connectivity index (χ3v) is 4.22. The van der Waals surface area contributed by atoms with Gasteiger partial charge in [0, 0.05) is 35.6 Å². The highest BCUT2D eigenvalue weighted by Crippen LogP contribution is 2.26. The Labute approximate surface area is 117 Å². The van der Waals surface area contributed by atoms with Gasteiger partial charge in [0.25, 0.3) is 0 Å². The van der Waals surface area contributed by atoms with Gasteiger partial charge >= 0.3 is 0 Å². The summed E-state index contributed by atoms with van der Waals surface area (Å²) in [5, 5.41) is 0. The van der Waals surface area contributed by atoms with Crippen LogP contribution < -0.4 is 4.90 Å². The Morgan fingerprint density at radius 3 is 2.83 bits per heavy atom. The fourth-order valence-corrected chi connectivity index (χ4v) is 3.49. The van der Waals surface area contributed by atoms with Crippen LogP contribution in [0.2, 0.25) is 0 Å². The highest BCUT2D eigenvalue weighted by molar-refractivity contribution is 9.10. The van der Waals surface area contributed by atoms with Gasteiger partial charge in [-0.15, -0.1) is 0 Å². The summed E-state index contributed by atoms with van der Waals surface area (Å²) in [7, 11) is 1.60. The van der Waals surface area contributed by atoms with Gasteiger partial charge in [-0.1, -0.05) is 0 Å². The second-order valence-electron chi connectivity index (χ2n) is 3.98. The highest BCUT2D eigenvalue weighted by Gasteiger charge is 2.33. The van der Waals surface area contributed by atoms with E-state index in [0.717, 1.165) is 0 Å². The van der Waals surface area contributed by atoms with Crippen LogP contribution in [0.15, 0.2) is 17.0 Å². The Balaban J connectivity index is 2.15. The maximum Gasteiger partial charge on any atom is 0.232 e. The molecule has 98 valence electrons. The number of amides is 1. The lowest BCUT2D eigenvalue weighted by molar-refractivity contribution is -0.117. The molecular formula is C9H9BrClN3O3S. The highest BCUT2D eigenvalue weighted by atomic mass is 79.9. The van der Waals surface area contributed by atoms with E-state index in [1.165, 1.54) is 11.2 Å². The third kappa shape index (κ3) is 3.39. The smallest absolute Gasteiger partial charge is 0.232 e. The molecular weight excluding hydrogens is 346 g/mol.